The van der Waals surface area contributed by atoms with Gasteiger partial charge in [-0.15, -0.1) is 0 Å². The van der Waals surface area contributed by atoms with Crippen LogP contribution < -0.4 is 5.32 Å². The van der Waals surface area contributed by atoms with Crippen LogP contribution in [-0.2, 0) is 11.2 Å². The first-order valence-electron chi connectivity index (χ1n) is 7.83. The second kappa shape index (κ2) is 8.40. The molecule has 0 saturated carbocycles. The highest BCUT2D eigenvalue weighted by molar-refractivity contribution is 5.22. The van der Waals surface area contributed by atoms with Gasteiger partial charge in [-0.25, -0.2) is 0 Å². The number of aryl methyl sites for hydroxylation is 2. The summed E-state index contributed by atoms with van der Waals surface area (Å²) in [6.45, 7) is 10.6. The highest BCUT2D eigenvalue weighted by Crippen LogP contribution is 2.06. The maximum Gasteiger partial charge on any atom is 0.0594 e. The van der Waals surface area contributed by atoms with Gasteiger partial charge in [-0.2, -0.15) is 0 Å². The van der Waals surface area contributed by atoms with Gasteiger partial charge >= 0.3 is 0 Å². The van der Waals surface area contributed by atoms with E-state index in [0.29, 0.717) is 6.04 Å². The number of nitrogens with one attached hydrogen (secondary N) is 1. The smallest absolute Gasteiger partial charge is 0.0594 e. The number of nitrogens with zero attached hydrogens (tertiary/aromatic N) is 1. The molecule has 1 saturated heterocycles. The van der Waals surface area contributed by atoms with Crippen molar-refractivity contribution < 1.29 is 4.74 Å². The molecule has 2 rings (SSSR count). The molecule has 1 aliphatic rings. The van der Waals surface area contributed by atoms with Gasteiger partial charge in [0, 0.05) is 25.7 Å². The maximum atomic E-state index is 5.38. The summed E-state index contributed by atoms with van der Waals surface area (Å²) in [5.74, 6) is 0. The van der Waals surface area contributed by atoms with Crippen molar-refractivity contribution in [3.8, 4) is 0 Å². The van der Waals surface area contributed by atoms with Crippen LogP contribution in [0.15, 0.2) is 24.3 Å². The molecule has 1 atom stereocenters. The average Bonchev–Trinajstić information content (AvgIpc) is 2.45. The summed E-state index contributed by atoms with van der Waals surface area (Å²) in [5.41, 5.74) is 2.81. The highest BCUT2D eigenvalue weighted by Gasteiger charge is 2.12. The normalized spacial score (nSPS) is 18.1. The van der Waals surface area contributed by atoms with Crippen molar-refractivity contribution >= 4 is 0 Å². The Kier molecular flexibility index (Phi) is 6.51. The third-order valence-electron chi connectivity index (χ3n) is 3.85. The predicted octanol–water partition coefficient (Wildman–Crippen LogP) is 2.24. The molecule has 1 aliphatic heterocycles. The second-order valence-corrected chi connectivity index (χ2v) is 5.86. The molecule has 1 aromatic carbocycles. The third kappa shape index (κ3) is 5.61. The molecule has 1 aromatic rings. The SMILES string of the molecule is Cc1cccc(CCCNC(C)CN2CCOCC2)c1. The summed E-state index contributed by atoms with van der Waals surface area (Å²) in [4.78, 5) is 2.49. The van der Waals surface area contributed by atoms with Crippen LogP contribution in [0.4, 0.5) is 0 Å². The van der Waals surface area contributed by atoms with Crippen LogP contribution in [0.2, 0.25) is 0 Å². The lowest BCUT2D eigenvalue weighted by Crippen LogP contribution is -2.44. The standard InChI is InChI=1S/C17H28N2O/c1-15-5-3-6-17(13-15)7-4-8-18-16(2)14-19-9-11-20-12-10-19/h3,5-6,13,16,18H,4,7-12,14H2,1-2H3. The molecule has 0 radical (unpaired) electrons. The number of rotatable bonds is 7. The molecule has 1 heterocycles. The molecule has 112 valence electrons. The van der Waals surface area contributed by atoms with Crippen molar-refractivity contribution in [1.29, 1.82) is 0 Å². The van der Waals surface area contributed by atoms with Crippen LogP contribution in [0, 0.1) is 6.92 Å². The Hall–Kier alpha value is -0.900. The fourth-order valence-electron chi connectivity index (χ4n) is 2.74. The molecule has 0 bridgehead atoms. The third-order valence-corrected chi connectivity index (χ3v) is 3.85. The van der Waals surface area contributed by atoms with Crippen molar-refractivity contribution in [3.05, 3.63) is 35.4 Å². The molecule has 1 fully saturated rings. The van der Waals surface area contributed by atoms with Gasteiger partial charge in [0.2, 0.25) is 0 Å². The van der Waals surface area contributed by atoms with Crippen molar-refractivity contribution in [1.82, 2.24) is 10.2 Å². The second-order valence-electron chi connectivity index (χ2n) is 5.86. The van der Waals surface area contributed by atoms with Gasteiger partial charge in [-0.3, -0.25) is 4.90 Å². The minimum absolute atomic E-state index is 0.561. The van der Waals surface area contributed by atoms with Crippen LogP contribution in [0.25, 0.3) is 0 Å². The number of benzene rings is 1. The number of ether oxygens (including phenoxy) is 1. The Morgan fingerprint density at radius 1 is 1.30 bits per heavy atom. The van der Waals surface area contributed by atoms with Gasteiger partial charge in [-0.1, -0.05) is 29.8 Å². The van der Waals surface area contributed by atoms with E-state index in [1.165, 1.54) is 24.0 Å². The van der Waals surface area contributed by atoms with E-state index in [1.54, 1.807) is 0 Å². The van der Waals surface area contributed by atoms with Crippen molar-refractivity contribution in [2.75, 3.05) is 39.4 Å². The van der Waals surface area contributed by atoms with Gasteiger partial charge in [0.1, 0.15) is 0 Å². The molecule has 3 heteroatoms. The lowest BCUT2D eigenvalue weighted by atomic mass is 10.1. The maximum absolute atomic E-state index is 5.38. The molecule has 3 nitrogen and oxygen atoms in total. The van der Waals surface area contributed by atoms with Crippen LogP contribution in [0.3, 0.4) is 0 Å². The molecular weight excluding hydrogens is 248 g/mol. The lowest BCUT2D eigenvalue weighted by Gasteiger charge is -2.29. The Morgan fingerprint density at radius 2 is 2.10 bits per heavy atom. The molecule has 0 aromatic heterocycles. The van der Waals surface area contributed by atoms with Gasteiger partial charge in [0.15, 0.2) is 0 Å². The molecule has 0 spiro atoms. The molecule has 0 aliphatic carbocycles. The zero-order chi connectivity index (χ0) is 14.2. The van der Waals surface area contributed by atoms with Crippen molar-refractivity contribution in [2.45, 2.75) is 32.7 Å². The quantitative estimate of drug-likeness (QED) is 0.773. The Labute approximate surface area is 123 Å². The van der Waals surface area contributed by atoms with E-state index in [2.05, 4.69) is 48.3 Å². The van der Waals surface area contributed by atoms with Gasteiger partial charge in [-0.05, 0) is 38.8 Å². The summed E-state index contributed by atoms with van der Waals surface area (Å²) in [6.07, 6.45) is 2.37. The van der Waals surface area contributed by atoms with Crippen LogP contribution in [0.5, 0.6) is 0 Å². The molecular formula is C17H28N2O. The Morgan fingerprint density at radius 3 is 2.85 bits per heavy atom. The Balaban J connectivity index is 1.58. The zero-order valence-electron chi connectivity index (χ0n) is 12.9. The molecule has 20 heavy (non-hydrogen) atoms. The summed E-state index contributed by atoms with van der Waals surface area (Å²) in [7, 11) is 0. The van der Waals surface area contributed by atoms with Crippen LogP contribution in [-0.4, -0.2) is 50.3 Å². The monoisotopic (exact) mass is 276 g/mol. The molecule has 1 N–H and O–H groups in total. The summed E-state index contributed by atoms with van der Waals surface area (Å²) >= 11 is 0. The first kappa shape index (κ1) is 15.5. The predicted molar refractivity (Wildman–Crippen MR) is 84.2 cm³/mol. The number of hydrogen-bond donors (Lipinski definition) is 1. The molecule has 0 amide bonds. The first-order valence-corrected chi connectivity index (χ1v) is 7.83. The fourth-order valence-corrected chi connectivity index (χ4v) is 2.74. The highest BCUT2D eigenvalue weighted by atomic mass is 16.5. The van der Waals surface area contributed by atoms with E-state index in [0.717, 1.165) is 39.4 Å². The van der Waals surface area contributed by atoms with E-state index < -0.39 is 0 Å². The van der Waals surface area contributed by atoms with E-state index in [9.17, 15) is 0 Å². The van der Waals surface area contributed by atoms with Crippen LogP contribution in [0.1, 0.15) is 24.5 Å². The average molecular weight is 276 g/mol. The van der Waals surface area contributed by atoms with Crippen molar-refractivity contribution in [3.63, 3.8) is 0 Å². The van der Waals surface area contributed by atoms with Gasteiger partial charge in [0.25, 0.3) is 0 Å². The van der Waals surface area contributed by atoms with Gasteiger partial charge < -0.3 is 10.1 Å². The first-order chi connectivity index (χ1) is 9.74. The minimum atomic E-state index is 0.561. The number of hydrogen-bond acceptors (Lipinski definition) is 3. The number of morpholine rings is 1. The van der Waals surface area contributed by atoms with E-state index in [1.807, 2.05) is 0 Å². The lowest BCUT2D eigenvalue weighted by molar-refractivity contribution is 0.0344. The van der Waals surface area contributed by atoms with E-state index in [-0.39, 0.29) is 0 Å². The topological polar surface area (TPSA) is 24.5 Å². The van der Waals surface area contributed by atoms with Gasteiger partial charge in [0.05, 0.1) is 13.2 Å². The van der Waals surface area contributed by atoms with E-state index >= 15 is 0 Å². The largest absolute Gasteiger partial charge is 0.379 e. The molecule has 1 unspecified atom stereocenters. The Bertz CT molecular complexity index is 388. The summed E-state index contributed by atoms with van der Waals surface area (Å²) < 4.78 is 5.38. The minimum Gasteiger partial charge on any atom is -0.379 e. The summed E-state index contributed by atoms with van der Waals surface area (Å²) in [6, 6.07) is 9.39. The summed E-state index contributed by atoms with van der Waals surface area (Å²) in [5, 5.41) is 3.63. The zero-order valence-corrected chi connectivity index (χ0v) is 12.9. The van der Waals surface area contributed by atoms with Crippen LogP contribution >= 0.6 is 0 Å². The fraction of sp³-hybridized carbons (Fsp3) is 0.647. The van der Waals surface area contributed by atoms with Crippen molar-refractivity contribution in [2.24, 2.45) is 0 Å². The van der Waals surface area contributed by atoms with E-state index in [4.69, 9.17) is 4.74 Å².